The summed E-state index contributed by atoms with van der Waals surface area (Å²) in [6, 6.07) is 7.57. The minimum absolute atomic E-state index is 0.0835. The molecule has 0 unspecified atom stereocenters. The van der Waals surface area contributed by atoms with Crippen LogP contribution in [-0.4, -0.2) is 28.6 Å². The maximum atomic E-state index is 6.17. The lowest BCUT2D eigenvalue weighted by molar-refractivity contribution is 0.363. The Kier molecular flexibility index (Phi) is 4.66. The number of aromatic nitrogens is 2. The highest BCUT2D eigenvalue weighted by molar-refractivity contribution is 7.99. The molecule has 1 aromatic heterocycles. The van der Waals surface area contributed by atoms with Gasteiger partial charge in [0.05, 0.1) is 6.20 Å². The molecule has 2 heterocycles. The Morgan fingerprint density at radius 3 is 2.48 bits per heavy atom. The van der Waals surface area contributed by atoms with Gasteiger partial charge in [-0.15, -0.1) is 0 Å². The molecule has 4 N–H and O–H groups in total. The van der Waals surface area contributed by atoms with E-state index in [1.54, 1.807) is 6.20 Å². The first-order valence-electron chi connectivity index (χ1n) is 7.53. The molecule has 5 nitrogen and oxygen atoms in total. The first kappa shape index (κ1) is 16.4. The molecule has 0 spiro atoms. The molecule has 1 fully saturated rings. The van der Waals surface area contributed by atoms with Gasteiger partial charge in [0.1, 0.15) is 10.8 Å². The Morgan fingerprint density at radius 2 is 1.87 bits per heavy atom. The molecule has 7 heteroatoms. The van der Waals surface area contributed by atoms with Gasteiger partial charge in [0.25, 0.3) is 0 Å². The lowest BCUT2D eigenvalue weighted by Crippen LogP contribution is -2.48. The molecule has 0 saturated carbocycles. The second-order valence-corrected chi connectivity index (χ2v) is 7.61. The molecule has 1 aromatic carbocycles. The fourth-order valence-corrected chi connectivity index (χ4v) is 3.35. The maximum Gasteiger partial charge on any atom is 0.158 e. The van der Waals surface area contributed by atoms with E-state index in [-0.39, 0.29) is 5.54 Å². The fourth-order valence-electron chi connectivity index (χ4n) is 2.47. The molecule has 1 aliphatic rings. The highest BCUT2D eigenvalue weighted by Gasteiger charge is 2.26. The maximum absolute atomic E-state index is 6.17. The van der Waals surface area contributed by atoms with Crippen molar-refractivity contribution in [2.24, 2.45) is 5.73 Å². The van der Waals surface area contributed by atoms with E-state index in [2.05, 4.69) is 21.8 Å². The zero-order valence-electron chi connectivity index (χ0n) is 13.0. The van der Waals surface area contributed by atoms with Gasteiger partial charge >= 0.3 is 0 Å². The van der Waals surface area contributed by atoms with Crippen LogP contribution in [0, 0.1) is 0 Å². The van der Waals surface area contributed by atoms with Gasteiger partial charge in [-0.3, -0.25) is 0 Å². The average Bonchev–Trinajstić information content (AvgIpc) is 2.51. The summed E-state index contributed by atoms with van der Waals surface area (Å²) in [7, 11) is 0. The summed E-state index contributed by atoms with van der Waals surface area (Å²) in [5.74, 6) is 1.27. The Morgan fingerprint density at radius 1 is 1.22 bits per heavy atom. The van der Waals surface area contributed by atoms with E-state index in [4.69, 9.17) is 23.1 Å². The van der Waals surface area contributed by atoms with E-state index < -0.39 is 0 Å². The number of hydrogen-bond donors (Lipinski definition) is 2. The van der Waals surface area contributed by atoms with Crippen molar-refractivity contribution in [1.29, 1.82) is 0 Å². The van der Waals surface area contributed by atoms with Gasteiger partial charge in [-0.1, -0.05) is 23.4 Å². The predicted octanol–water partition coefficient (Wildman–Crippen LogP) is 3.18. The van der Waals surface area contributed by atoms with Gasteiger partial charge in [0.2, 0.25) is 0 Å². The van der Waals surface area contributed by atoms with Crippen LogP contribution in [-0.2, 0) is 0 Å². The van der Waals surface area contributed by atoms with E-state index in [0.29, 0.717) is 15.9 Å². The number of nitrogens with zero attached hydrogens (tertiary/aromatic N) is 3. The number of anilines is 2. The molecular weight excluding hydrogens is 330 g/mol. The number of piperidine rings is 1. The smallest absolute Gasteiger partial charge is 0.158 e. The monoisotopic (exact) mass is 349 g/mol. The van der Waals surface area contributed by atoms with Crippen LogP contribution in [0.25, 0.3) is 0 Å². The molecule has 0 amide bonds. The van der Waals surface area contributed by atoms with Crippen molar-refractivity contribution in [3.63, 3.8) is 0 Å². The minimum atomic E-state index is -0.0835. The lowest BCUT2D eigenvalue weighted by Gasteiger charge is -2.37. The van der Waals surface area contributed by atoms with Gasteiger partial charge in [-0.25, -0.2) is 9.97 Å². The van der Waals surface area contributed by atoms with Crippen LogP contribution in [0.5, 0.6) is 0 Å². The Bertz CT molecular complexity index is 679. The number of nitrogens with two attached hydrogens (primary N) is 2. The van der Waals surface area contributed by atoms with E-state index in [9.17, 15) is 0 Å². The first-order valence-corrected chi connectivity index (χ1v) is 8.72. The molecule has 0 bridgehead atoms. The Balaban J connectivity index is 1.72. The predicted molar refractivity (Wildman–Crippen MR) is 96.1 cm³/mol. The summed E-state index contributed by atoms with van der Waals surface area (Å²) in [5, 5.41) is 1.41. The third kappa shape index (κ3) is 4.07. The lowest BCUT2D eigenvalue weighted by atomic mass is 9.91. The minimum Gasteiger partial charge on any atom is -0.381 e. The fraction of sp³-hybridized carbons (Fsp3) is 0.375. The van der Waals surface area contributed by atoms with Crippen LogP contribution >= 0.6 is 23.4 Å². The van der Waals surface area contributed by atoms with Crippen molar-refractivity contribution < 1.29 is 0 Å². The highest BCUT2D eigenvalue weighted by Crippen LogP contribution is 2.31. The summed E-state index contributed by atoms with van der Waals surface area (Å²) < 4.78 is 0. The number of nitrogen functional groups attached to an aromatic ring is 1. The van der Waals surface area contributed by atoms with Gasteiger partial charge < -0.3 is 16.4 Å². The molecule has 3 rings (SSSR count). The van der Waals surface area contributed by atoms with Crippen molar-refractivity contribution >= 4 is 35.0 Å². The molecular formula is C16H20ClN5S. The second kappa shape index (κ2) is 6.55. The zero-order valence-corrected chi connectivity index (χ0v) is 14.6. The normalized spacial score (nSPS) is 17.3. The summed E-state index contributed by atoms with van der Waals surface area (Å²) in [4.78, 5) is 12.2. The number of benzene rings is 1. The first-order chi connectivity index (χ1) is 10.9. The Hall–Kier alpha value is -1.50. The summed E-state index contributed by atoms with van der Waals surface area (Å²) in [5.41, 5.74) is 12.2. The molecule has 0 atom stereocenters. The van der Waals surface area contributed by atoms with Crippen LogP contribution in [0.3, 0.4) is 0 Å². The standard InChI is InChI=1S/C16H20ClN5S/c1-16(19)6-8-22(9-7-16)13-10-20-15(14(18)21-13)23-12-4-2-11(17)3-5-12/h2-5,10H,6-9,19H2,1H3,(H2,18,21). The van der Waals surface area contributed by atoms with Crippen LogP contribution in [0.4, 0.5) is 11.6 Å². The van der Waals surface area contributed by atoms with E-state index in [0.717, 1.165) is 36.6 Å². The molecule has 0 aliphatic carbocycles. The summed E-state index contributed by atoms with van der Waals surface area (Å²) in [6.45, 7) is 3.85. The number of hydrogen-bond acceptors (Lipinski definition) is 6. The topological polar surface area (TPSA) is 81.1 Å². The number of halogens is 1. The summed E-state index contributed by atoms with van der Waals surface area (Å²) in [6.07, 6.45) is 3.67. The van der Waals surface area contributed by atoms with E-state index >= 15 is 0 Å². The van der Waals surface area contributed by atoms with Gasteiger partial charge in [0.15, 0.2) is 5.82 Å². The Labute approximate surface area is 145 Å². The number of rotatable bonds is 3. The third-order valence-electron chi connectivity index (χ3n) is 4.01. The SMILES string of the molecule is CC1(N)CCN(c2cnc(Sc3ccc(Cl)cc3)c(N)n2)CC1. The van der Waals surface area contributed by atoms with Crippen molar-refractivity contribution in [2.45, 2.75) is 35.2 Å². The molecule has 1 saturated heterocycles. The summed E-state index contributed by atoms with van der Waals surface area (Å²) >= 11 is 7.38. The van der Waals surface area contributed by atoms with Crippen LogP contribution in [0.2, 0.25) is 5.02 Å². The molecule has 23 heavy (non-hydrogen) atoms. The van der Waals surface area contributed by atoms with Crippen LogP contribution in [0.1, 0.15) is 19.8 Å². The van der Waals surface area contributed by atoms with Gasteiger partial charge in [-0.05, 0) is 44.0 Å². The van der Waals surface area contributed by atoms with E-state index in [1.165, 1.54) is 11.8 Å². The second-order valence-electron chi connectivity index (χ2n) is 6.12. The van der Waals surface area contributed by atoms with Crippen LogP contribution in [0.15, 0.2) is 40.4 Å². The van der Waals surface area contributed by atoms with Crippen molar-refractivity contribution in [1.82, 2.24) is 9.97 Å². The molecule has 1 aliphatic heterocycles. The van der Waals surface area contributed by atoms with Crippen molar-refractivity contribution in [3.8, 4) is 0 Å². The van der Waals surface area contributed by atoms with Crippen molar-refractivity contribution in [2.75, 3.05) is 23.7 Å². The zero-order chi connectivity index (χ0) is 16.4. The largest absolute Gasteiger partial charge is 0.381 e. The average molecular weight is 350 g/mol. The highest BCUT2D eigenvalue weighted by atomic mass is 35.5. The van der Waals surface area contributed by atoms with Crippen molar-refractivity contribution in [3.05, 3.63) is 35.5 Å². The molecule has 2 aromatic rings. The molecule has 0 radical (unpaired) electrons. The van der Waals surface area contributed by atoms with Gasteiger partial charge in [-0.2, -0.15) is 0 Å². The van der Waals surface area contributed by atoms with Crippen LogP contribution < -0.4 is 16.4 Å². The quantitative estimate of drug-likeness (QED) is 0.885. The molecule has 122 valence electrons. The third-order valence-corrected chi connectivity index (χ3v) is 5.28. The van der Waals surface area contributed by atoms with E-state index in [1.807, 2.05) is 24.3 Å². The van der Waals surface area contributed by atoms with Gasteiger partial charge in [0, 0.05) is 28.5 Å².